The second kappa shape index (κ2) is 14.3. The van der Waals surface area contributed by atoms with Crippen molar-refractivity contribution in [2.45, 2.75) is 7.43 Å². The Kier molecular flexibility index (Phi) is 11.8. The van der Waals surface area contributed by atoms with Crippen LogP contribution in [0, 0.1) is 0 Å². The lowest BCUT2D eigenvalue weighted by atomic mass is 9.83. The number of para-hydroxylation sites is 2. The van der Waals surface area contributed by atoms with Gasteiger partial charge in [0.15, 0.2) is 0 Å². The summed E-state index contributed by atoms with van der Waals surface area (Å²) in [5.74, 6) is 0. The molecule has 2 aromatic carbocycles. The fraction of sp³-hybridized carbons (Fsp3) is 0.0400. The highest BCUT2D eigenvalue weighted by molar-refractivity contribution is 9.28. The van der Waals surface area contributed by atoms with Crippen LogP contribution in [0.3, 0.4) is 0 Å². The van der Waals surface area contributed by atoms with Crippen LogP contribution in [0.25, 0.3) is 28.2 Å². The van der Waals surface area contributed by atoms with E-state index in [4.69, 9.17) is 15.8 Å². The first-order valence-electron chi connectivity index (χ1n) is 9.80. The first-order chi connectivity index (χ1) is 15.9. The van der Waals surface area contributed by atoms with E-state index in [2.05, 4.69) is 84.0 Å². The topological polar surface area (TPSA) is 82.3 Å². The number of hydrogen-bond acceptors (Lipinski definition) is 5. The Morgan fingerprint density at radius 1 is 0.912 bits per heavy atom. The van der Waals surface area contributed by atoms with Crippen LogP contribution < -0.4 is 11.2 Å². The van der Waals surface area contributed by atoms with E-state index in [1.165, 1.54) is 33.5 Å². The predicted octanol–water partition coefficient (Wildman–Crippen LogP) is 7.32. The van der Waals surface area contributed by atoms with E-state index >= 15 is 0 Å². The lowest BCUT2D eigenvalue weighted by molar-refractivity contribution is 0.426. The summed E-state index contributed by atoms with van der Waals surface area (Å²) in [4.78, 5) is 3.40. The number of halogens is 2. The minimum atomic E-state index is -1.30. The first kappa shape index (κ1) is 28.1. The average molecular weight is 620 g/mol. The second-order valence-electron chi connectivity index (χ2n) is 6.78. The summed E-state index contributed by atoms with van der Waals surface area (Å²) in [6, 6.07) is 22.0. The van der Waals surface area contributed by atoms with Gasteiger partial charge in [-0.2, -0.15) is 22.7 Å². The van der Waals surface area contributed by atoms with E-state index < -0.39 is 7.12 Å². The van der Waals surface area contributed by atoms with Gasteiger partial charge < -0.3 is 20.8 Å². The van der Waals surface area contributed by atoms with Crippen LogP contribution in [-0.4, -0.2) is 22.2 Å². The zero-order valence-electron chi connectivity index (χ0n) is 17.4. The van der Waals surface area contributed by atoms with Crippen molar-refractivity contribution in [1.29, 1.82) is 0 Å². The van der Waals surface area contributed by atoms with E-state index in [-0.39, 0.29) is 7.43 Å². The van der Waals surface area contributed by atoms with Crippen molar-refractivity contribution in [2.24, 2.45) is 0 Å². The normalized spacial score (nSPS) is 9.65. The molecule has 0 unspecified atom stereocenters. The van der Waals surface area contributed by atoms with Crippen molar-refractivity contribution in [3.05, 3.63) is 97.2 Å². The van der Waals surface area contributed by atoms with Gasteiger partial charge in [0.2, 0.25) is 0 Å². The van der Waals surface area contributed by atoms with Crippen LogP contribution in [0.4, 0.5) is 5.69 Å². The number of nitrogens with two attached hydrogens (primary N) is 1. The second-order valence-corrected chi connectivity index (χ2v) is 11.1. The molecular weight excluding hydrogens is 595 g/mol. The fourth-order valence-electron chi connectivity index (χ4n) is 2.83. The average Bonchev–Trinajstić information content (AvgIpc) is 3.56. The summed E-state index contributed by atoms with van der Waals surface area (Å²) in [6.45, 7) is 0. The number of anilines is 1. The van der Waals surface area contributed by atoms with Crippen molar-refractivity contribution >= 4 is 89.8 Å². The highest BCUT2D eigenvalue weighted by Crippen LogP contribution is 2.25. The third-order valence-electron chi connectivity index (χ3n) is 4.46. The standard InChI is InChI=1S/C12H9NS.C8H7Br2N.C4H5BO2S.CH4/c1-2-4-11-9(3-1)7-12(13-11)10-5-6-14-8-10;9-8(10)5-6-3-1-2-4-7(6)11;6-5(7)4-1-2-8-3-4;/h1-8,13H;1-5H,11H2;1-3,6-7H;1H4. The Morgan fingerprint density at radius 2 is 1.59 bits per heavy atom. The number of nitrogens with one attached hydrogen (secondary N) is 1. The summed E-state index contributed by atoms with van der Waals surface area (Å²) in [5.41, 5.74) is 11.7. The molecule has 9 heteroatoms. The van der Waals surface area contributed by atoms with Crippen LogP contribution in [0.2, 0.25) is 0 Å². The molecule has 0 saturated heterocycles. The number of hydrogen-bond donors (Lipinski definition) is 4. The molecule has 0 fully saturated rings. The summed E-state index contributed by atoms with van der Waals surface area (Å²) in [7, 11) is -1.30. The van der Waals surface area contributed by atoms with Gasteiger partial charge >= 0.3 is 7.12 Å². The van der Waals surface area contributed by atoms with Crippen molar-refractivity contribution < 1.29 is 10.0 Å². The number of H-pyrrole nitrogens is 1. The molecule has 5 rings (SSSR count). The molecule has 176 valence electrons. The van der Waals surface area contributed by atoms with E-state index in [1.54, 1.807) is 28.2 Å². The molecule has 4 nitrogen and oxygen atoms in total. The minimum Gasteiger partial charge on any atom is -0.423 e. The first-order valence-corrected chi connectivity index (χ1v) is 13.3. The van der Waals surface area contributed by atoms with Gasteiger partial charge in [0.05, 0.1) is 3.39 Å². The molecule has 3 heterocycles. The quantitative estimate of drug-likeness (QED) is 0.126. The van der Waals surface area contributed by atoms with Crippen LogP contribution >= 0.6 is 54.5 Å². The van der Waals surface area contributed by atoms with Gasteiger partial charge in [-0.15, -0.1) is 0 Å². The van der Waals surface area contributed by atoms with Gasteiger partial charge in [-0.25, -0.2) is 0 Å². The fourth-order valence-corrected chi connectivity index (χ4v) is 4.65. The Hall–Kier alpha value is -2.14. The lowest BCUT2D eigenvalue weighted by Crippen LogP contribution is -2.27. The SMILES string of the molecule is C.Nc1ccccc1C=C(Br)Br.OB(O)c1ccsc1.c1ccc2[nH]c(-c3ccsc3)cc2c1. The van der Waals surface area contributed by atoms with Crippen LogP contribution in [0.15, 0.2) is 91.6 Å². The maximum atomic E-state index is 8.47. The highest BCUT2D eigenvalue weighted by atomic mass is 79.9. The number of rotatable bonds is 3. The number of fused-ring (bicyclic) bond motifs is 1. The maximum absolute atomic E-state index is 8.47. The summed E-state index contributed by atoms with van der Waals surface area (Å²) >= 11 is 9.71. The van der Waals surface area contributed by atoms with Gasteiger partial charge in [0, 0.05) is 33.2 Å². The zero-order chi connectivity index (χ0) is 23.6. The smallest absolute Gasteiger partial charge is 0.423 e. The molecule has 34 heavy (non-hydrogen) atoms. The predicted molar refractivity (Wildman–Crippen MR) is 159 cm³/mol. The van der Waals surface area contributed by atoms with Crippen LogP contribution in [-0.2, 0) is 0 Å². The summed E-state index contributed by atoms with van der Waals surface area (Å²) in [6.07, 6.45) is 1.91. The molecule has 0 radical (unpaired) electrons. The van der Waals surface area contributed by atoms with Gasteiger partial charge in [-0.1, -0.05) is 49.9 Å². The molecule has 0 aliphatic carbocycles. The van der Waals surface area contributed by atoms with Gasteiger partial charge in [-0.05, 0) is 89.4 Å². The molecule has 5 aromatic rings. The monoisotopic (exact) mass is 618 g/mol. The number of aromatic nitrogens is 1. The maximum Gasteiger partial charge on any atom is 0.489 e. The van der Waals surface area contributed by atoms with Crippen molar-refractivity contribution in [1.82, 2.24) is 4.98 Å². The zero-order valence-corrected chi connectivity index (χ0v) is 22.2. The van der Waals surface area contributed by atoms with Gasteiger partial charge in [0.1, 0.15) is 0 Å². The Bertz CT molecular complexity index is 1250. The number of benzene rings is 2. The Balaban J connectivity index is 0.000000185. The van der Waals surface area contributed by atoms with Crippen molar-refractivity contribution in [3.63, 3.8) is 0 Å². The lowest BCUT2D eigenvalue weighted by Gasteiger charge is -1.97. The molecule has 0 spiro atoms. The van der Waals surface area contributed by atoms with Crippen LogP contribution in [0.1, 0.15) is 13.0 Å². The molecule has 0 saturated carbocycles. The van der Waals surface area contributed by atoms with Gasteiger partial charge in [-0.3, -0.25) is 0 Å². The molecule has 3 aromatic heterocycles. The molecular formula is C25H25BBr2N2O2S2. The Labute approximate surface area is 225 Å². The van der Waals surface area contributed by atoms with E-state index in [0.29, 0.717) is 5.46 Å². The minimum absolute atomic E-state index is 0. The summed E-state index contributed by atoms with van der Waals surface area (Å²) < 4.78 is 0.892. The van der Waals surface area contributed by atoms with E-state index in [0.717, 1.165) is 14.6 Å². The van der Waals surface area contributed by atoms with Crippen molar-refractivity contribution in [2.75, 3.05) is 5.73 Å². The highest BCUT2D eigenvalue weighted by Gasteiger charge is 2.09. The third kappa shape index (κ3) is 8.58. The molecule has 5 N–H and O–H groups in total. The summed E-state index contributed by atoms with van der Waals surface area (Å²) in [5, 5.41) is 26.0. The largest absolute Gasteiger partial charge is 0.489 e. The van der Waals surface area contributed by atoms with Crippen molar-refractivity contribution in [3.8, 4) is 11.3 Å². The molecule has 0 aliphatic rings. The number of nitrogen functional groups attached to an aromatic ring is 1. The van der Waals surface area contributed by atoms with Gasteiger partial charge in [0.25, 0.3) is 0 Å². The number of aromatic amines is 1. The van der Waals surface area contributed by atoms with E-state index in [1.807, 2.05) is 30.3 Å². The van der Waals surface area contributed by atoms with E-state index in [9.17, 15) is 0 Å². The number of thiophene rings is 2. The molecule has 0 bridgehead atoms. The third-order valence-corrected chi connectivity index (χ3v) is 6.31. The Morgan fingerprint density at radius 3 is 2.15 bits per heavy atom. The molecule has 0 aliphatic heterocycles. The molecule has 0 atom stereocenters. The molecule has 0 amide bonds. The van der Waals surface area contributed by atoms with Crippen LogP contribution in [0.5, 0.6) is 0 Å².